The highest BCUT2D eigenvalue weighted by molar-refractivity contribution is 8.15. The van der Waals surface area contributed by atoms with Gasteiger partial charge in [0.15, 0.2) is 5.17 Å². The molecule has 2 aliphatic rings. The standard InChI is InChI=1S/C28H25ClN4O4S/c1-36-20-12-10-17(11-13-20)22-15-23(18-6-5-7-19(29)14-18)33(32-22)28-31-27(35)25(38-28)16-26(34)30-21-8-3-4-9-24(21)37-2/h3-14,23,25H,15-16H2,1-2H3,(H,30,34)/t23-,25-/m1/s1. The maximum Gasteiger partial charge on any atom is 0.262 e. The zero-order chi connectivity index (χ0) is 26.6. The molecule has 194 valence electrons. The number of rotatable bonds is 7. The zero-order valence-corrected chi connectivity index (χ0v) is 22.3. The van der Waals surface area contributed by atoms with Gasteiger partial charge in [0.25, 0.3) is 5.91 Å². The predicted molar refractivity (Wildman–Crippen MR) is 150 cm³/mol. The number of nitrogens with zero attached hydrogens (tertiary/aromatic N) is 3. The van der Waals surface area contributed by atoms with Gasteiger partial charge in [0, 0.05) is 17.9 Å². The molecule has 3 aromatic carbocycles. The van der Waals surface area contributed by atoms with Crippen LogP contribution in [0.4, 0.5) is 5.69 Å². The van der Waals surface area contributed by atoms with Gasteiger partial charge in [0.2, 0.25) is 5.91 Å². The van der Waals surface area contributed by atoms with Crippen molar-refractivity contribution in [3.8, 4) is 11.5 Å². The molecule has 0 aliphatic carbocycles. The number of amidine groups is 1. The molecule has 10 heteroatoms. The molecule has 0 radical (unpaired) electrons. The van der Waals surface area contributed by atoms with Crippen LogP contribution in [-0.4, -0.2) is 47.2 Å². The van der Waals surface area contributed by atoms with Gasteiger partial charge in [0.05, 0.1) is 31.7 Å². The van der Waals surface area contributed by atoms with E-state index in [1.807, 2.05) is 54.6 Å². The average Bonchev–Trinajstić information content (AvgIpc) is 3.53. The summed E-state index contributed by atoms with van der Waals surface area (Å²) < 4.78 is 10.6. The Morgan fingerprint density at radius 1 is 1.08 bits per heavy atom. The molecule has 2 atom stereocenters. The van der Waals surface area contributed by atoms with Crippen molar-refractivity contribution in [1.29, 1.82) is 0 Å². The number of amides is 2. The van der Waals surface area contributed by atoms with Gasteiger partial charge >= 0.3 is 0 Å². The van der Waals surface area contributed by atoms with E-state index in [-0.39, 0.29) is 24.3 Å². The molecule has 8 nitrogen and oxygen atoms in total. The first-order valence-electron chi connectivity index (χ1n) is 11.9. The molecule has 2 heterocycles. The van der Waals surface area contributed by atoms with E-state index in [0.29, 0.717) is 28.0 Å². The van der Waals surface area contributed by atoms with E-state index in [2.05, 4.69) is 10.3 Å². The average molecular weight is 549 g/mol. The second-order valence-corrected chi connectivity index (χ2v) is 10.3. The molecule has 3 aromatic rings. The summed E-state index contributed by atoms with van der Waals surface area (Å²) in [5, 5.41) is 9.88. The summed E-state index contributed by atoms with van der Waals surface area (Å²) in [6.45, 7) is 0. The lowest BCUT2D eigenvalue weighted by molar-refractivity contribution is -0.121. The molecule has 2 amide bonds. The van der Waals surface area contributed by atoms with Crippen LogP contribution in [0.5, 0.6) is 11.5 Å². The van der Waals surface area contributed by atoms with Crippen molar-refractivity contribution in [2.75, 3.05) is 19.5 Å². The van der Waals surface area contributed by atoms with E-state index >= 15 is 0 Å². The highest BCUT2D eigenvalue weighted by Crippen LogP contribution is 2.39. The van der Waals surface area contributed by atoms with E-state index in [9.17, 15) is 9.59 Å². The van der Waals surface area contributed by atoms with Crippen LogP contribution < -0.4 is 14.8 Å². The minimum atomic E-state index is -0.653. The van der Waals surface area contributed by atoms with Crippen LogP contribution in [0.15, 0.2) is 82.9 Å². The fourth-order valence-corrected chi connectivity index (χ4v) is 5.60. The third kappa shape index (κ3) is 5.54. The van der Waals surface area contributed by atoms with Crippen molar-refractivity contribution < 1.29 is 19.1 Å². The van der Waals surface area contributed by atoms with Crippen molar-refractivity contribution in [3.05, 3.63) is 88.9 Å². The minimum Gasteiger partial charge on any atom is -0.497 e. The summed E-state index contributed by atoms with van der Waals surface area (Å²) in [5.41, 5.74) is 3.30. The molecule has 0 unspecified atom stereocenters. The Bertz CT molecular complexity index is 1430. The lowest BCUT2D eigenvalue weighted by Crippen LogP contribution is -2.25. The van der Waals surface area contributed by atoms with Crippen LogP contribution in [0.2, 0.25) is 5.02 Å². The molecule has 1 N–H and O–H groups in total. The van der Waals surface area contributed by atoms with Gasteiger partial charge in [-0.25, -0.2) is 5.01 Å². The maximum absolute atomic E-state index is 12.8. The van der Waals surface area contributed by atoms with Crippen molar-refractivity contribution in [1.82, 2.24) is 5.01 Å². The van der Waals surface area contributed by atoms with E-state index in [1.165, 1.54) is 18.9 Å². The first-order valence-corrected chi connectivity index (χ1v) is 13.2. The lowest BCUT2D eigenvalue weighted by Gasteiger charge is -2.23. The summed E-state index contributed by atoms with van der Waals surface area (Å²) in [6, 6.07) is 22.2. The summed E-state index contributed by atoms with van der Waals surface area (Å²) in [5.74, 6) is 0.640. The number of hydrazone groups is 1. The fraction of sp³-hybridized carbons (Fsp3) is 0.214. The Balaban J connectivity index is 1.36. The van der Waals surface area contributed by atoms with Crippen molar-refractivity contribution >= 4 is 51.7 Å². The molecule has 2 aliphatic heterocycles. The van der Waals surface area contributed by atoms with Crippen molar-refractivity contribution in [3.63, 3.8) is 0 Å². The predicted octanol–water partition coefficient (Wildman–Crippen LogP) is 5.54. The summed E-state index contributed by atoms with van der Waals surface area (Å²) in [4.78, 5) is 29.9. The number of aliphatic imine (C=N–C) groups is 1. The molecule has 0 saturated carbocycles. The van der Waals surface area contributed by atoms with Gasteiger partial charge in [0.1, 0.15) is 16.7 Å². The smallest absolute Gasteiger partial charge is 0.262 e. The van der Waals surface area contributed by atoms with Crippen LogP contribution in [0.25, 0.3) is 0 Å². The van der Waals surface area contributed by atoms with E-state index in [1.54, 1.807) is 30.3 Å². The largest absolute Gasteiger partial charge is 0.497 e. The Morgan fingerprint density at radius 3 is 2.61 bits per heavy atom. The van der Waals surface area contributed by atoms with Crippen LogP contribution >= 0.6 is 23.4 Å². The lowest BCUT2D eigenvalue weighted by atomic mass is 9.98. The SMILES string of the molecule is COc1ccc(C2=NN(C3=NC(=O)[C@@H](CC(=O)Nc4ccccc4OC)S3)[C@@H](c3cccc(Cl)c3)C2)cc1. The topological polar surface area (TPSA) is 92.6 Å². The minimum absolute atomic E-state index is 0.0285. The van der Waals surface area contributed by atoms with E-state index < -0.39 is 5.25 Å². The number of carbonyl (C=O) groups is 2. The summed E-state index contributed by atoms with van der Waals surface area (Å²) in [6.07, 6.45) is 0.568. The second-order valence-electron chi connectivity index (χ2n) is 8.69. The van der Waals surface area contributed by atoms with Gasteiger partial charge in [-0.05, 0) is 59.7 Å². The molecule has 38 heavy (non-hydrogen) atoms. The third-order valence-electron chi connectivity index (χ3n) is 6.24. The van der Waals surface area contributed by atoms with Crippen molar-refractivity contribution in [2.45, 2.75) is 24.1 Å². The zero-order valence-electron chi connectivity index (χ0n) is 20.8. The van der Waals surface area contributed by atoms with Gasteiger partial charge in [-0.3, -0.25) is 9.59 Å². The number of para-hydroxylation sites is 2. The number of nitrogens with one attached hydrogen (secondary N) is 1. The number of thioether (sulfide) groups is 1. The summed E-state index contributed by atoms with van der Waals surface area (Å²) in [7, 11) is 3.16. The summed E-state index contributed by atoms with van der Waals surface area (Å²) >= 11 is 7.54. The second kappa shape index (κ2) is 11.3. The first kappa shape index (κ1) is 25.8. The van der Waals surface area contributed by atoms with Gasteiger partial charge in [-0.2, -0.15) is 10.1 Å². The molecule has 0 spiro atoms. The van der Waals surface area contributed by atoms with Crippen LogP contribution in [0.1, 0.15) is 30.0 Å². The van der Waals surface area contributed by atoms with Gasteiger partial charge < -0.3 is 14.8 Å². The molecular formula is C28H25ClN4O4S. The number of halogens is 1. The Labute approximate surface area is 229 Å². The number of benzene rings is 3. The Morgan fingerprint density at radius 2 is 1.87 bits per heavy atom. The number of hydrogen-bond acceptors (Lipinski definition) is 7. The molecule has 0 bridgehead atoms. The van der Waals surface area contributed by atoms with E-state index in [4.69, 9.17) is 26.2 Å². The van der Waals surface area contributed by atoms with Crippen LogP contribution in [0.3, 0.4) is 0 Å². The fourth-order valence-electron chi connectivity index (χ4n) is 4.34. The van der Waals surface area contributed by atoms with Crippen LogP contribution in [0, 0.1) is 0 Å². The Hall–Kier alpha value is -3.82. The van der Waals surface area contributed by atoms with Gasteiger partial charge in [-0.15, -0.1) is 0 Å². The quantitative estimate of drug-likeness (QED) is 0.417. The maximum atomic E-state index is 12.8. The Kier molecular flexibility index (Phi) is 7.67. The number of methoxy groups -OCH3 is 2. The van der Waals surface area contributed by atoms with E-state index in [0.717, 1.165) is 22.6 Å². The molecule has 5 rings (SSSR count). The normalized spacial score (nSPS) is 18.7. The monoisotopic (exact) mass is 548 g/mol. The molecule has 0 aromatic heterocycles. The number of carbonyl (C=O) groups excluding carboxylic acids is 2. The molecule has 0 fully saturated rings. The third-order valence-corrected chi connectivity index (χ3v) is 7.62. The molecular weight excluding hydrogens is 524 g/mol. The number of hydrogen-bond donors (Lipinski definition) is 1. The first-order chi connectivity index (χ1) is 18.4. The highest BCUT2D eigenvalue weighted by Gasteiger charge is 2.39. The molecule has 0 saturated heterocycles. The van der Waals surface area contributed by atoms with Crippen molar-refractivity contribution in [2.24, 2.45) is 10.1 Å². The van der Waals surface area contributed by atoms with Crippen LogP contribution in [-0.2, 0) is 9.59 Å². The number of anilines is 1. The highest BCUT2D eigenvalue weighted by atomic mass is 35.5. The van der Waals surface area contributed by atoms with Gasteiger partial charge in [-0.1, -0.05) is 47.6 Å². The number of ether oxygens (including phenoxy) is 2.